The first-order valence-electron chi connectivity index (χ1n) is 5.24. The van der Waals surface area contributed by atoms with Gasteiger partial charge in [-0.25, -0.2) is 0 Å². The summed E-state index contributed by atoms with van der Waals surface area (Å²) in [5, 5.41) is 9.61. The molecule has 2 nitrogen and oxygen atoms in total. The molecule has 0 radical (unpaired) electrons. The Labute approximate surface area is 79.7 Å². The molecule has 0 saturated carbocycles. The Kier molecular flexibility index (Phi) is 4.67. The summed E-state index contributed by atoms with van der Waals surface area (Å²) >= 11 is 0. The quantitative estimate of drug-likeness (QED) is 0.723. The second-order valence-corrected chi connectivity index (χ2v) is 3.87. The van der Waals surface area contributed by atoms with Crippen LogP contribution in [-0.4, -0.2) is 42.4 Å². The van der Waals surface area contributed by atoms with Gasteiger partial charge in [-0.1, -0.05) is 6.92 Å². The predicted molar refractivity (Wildman–Crippen MR) is 51.4 cm³/mol. The number of nitrogens with zero attached hydrogens (tertiary/aromatic N) is 1. The fourth-order valence-electron chi connectivity index (χ4n) is 1.98. The first kappa shape index (κ1) is 10.9. The summed E-state index contributed by atoms with van der Waals surface area (Å²) in [5.74, 6) is 0.397. The van der Waals surface area contributed by atoms with Crippen molar-refractivity contribution in [3.63, 3.8) is 0 Å². The maximum atomic E-state index is 11.9. The molecule has 1 aliphatic rings. The normalized spacial score (nSPS) is 30.7. The minimum atomic E-state index is -0.226. The van der Waals surface area contributed by atoms with Crippen LogP contribution in [0.4, 0.5) is 4.39 Å². The topological polar surface area (TPSA) is 23.5 Å². The number of halogens is 1. The zero-order valence-corrected chi connectivity index (χ0v) is 8.38. The van der Waals surface area contributed by atoms with Gasteiger partial charge in [-0.2, -0.15) is 0 Å². The SMILES string of the molecule is CCC1CN(CCCF)CCC1O. The molecule has 1 heterocycles. The Morgan fingerprint density at radius 1 is 1.54 bits per heavy atom. The zero-order chi connectivity index (χ0) is 9.68. The molecule has 0 aromatic heterocycles. The highest BCUT2D eigenvalue weighted by Crippen LogP contribution is 2.19. The molecular weight excluding hydrogens is 169 g/mol. The van der Waals surface area contributed by atoms with Crippen molar-refractivity contribution in [2.45, 2.75) is 32.3 Å². The summed E-state index contributed by atoms with van der Waals surface area (Å²) in [6, 6.07) is 0. The number of piperidine rings is 1. The molecule has 0 spiro atoms. The Hall–Kier alpha value is -0.150. The molecule has 1 aliphatic heterocycles. The van der Waals surface area contributed by atoms with Crippen LogP contribution in [-0.2, 0) is 0 Å². The Balaban J connectivity index is 2.27. The summed E-state index contributed by atoms with van der Waals surface area (Å²) in [4.78, 5) is 2.26. The van der Waals surface area contributed by atoms with E-state index in [1.165, 1.54) is 0 Å². The molecule has 3 heteroatoms. The van der Waals surface area contributed by atoms with E-state index in [9.17, 15) is 9.50 Å². The van der Waals surface area contributed by atoms with Crippen LogP contribution in [0.25, 0.3) is 0 Å². The van der Waals surface area contributed by atoms with Crippen molar-refractivity contribution >= 4 is 0 Å². The third-order valence-electron chi connectivity index (χ3n) is 2.91. The molecule has 0 amide bonds. The molecule has 1 N–H and O–H groups in total. The van der Waals surface area contributed by atoms with Crippen molar-refractivity contribution in [1.29, 1.82) is 0 Å². The smallest absolute Gasteiger partial charge is 0.0906 e. The van der Waals surface area contributed by atoms with E-state index in [2.05, 4.69) is 11.8 Å². The van der Waals surface area contributed by atoms with Crippen molar-refractivity contribution in [2.75, 3.05) is 26.3 Å². The highest BCUT2D eigenvalue weighted by molar-refractivity contribution is 4.78. The molecule has 0 aliphatic carbocycles. The number of likely N-dealkylation sites (tertiary alicyclic amines) is 1. The van der Waals surface area contributed by atoms with E-state index >= 15 is 0 Å². The van der Waals surface area contributed by atoms with Gasteiger partial charge >= 0.3 is 0 Å². The summed E-state index contributed by atoms with van der Waals surface area (Å²) in [6.07, 6.45) is 2.37. The minimum absolute atomic E-state index is 0.133. The van der Waals surface area contributed by atoms with Crippen LogP contribution in [0.5, 0.6) is 0 Å². The number of hydrogen-bond donors (Lipinski definition) is 1. The van der Waals surface area contributed by atoms with Crippen LogP contribution < -0.4 is 0 Å². The number of rotatable bonds is 4. The highest BCUT2D eigenvalue weighted by Gasteiger charge is 2.25. The van der Waals surface area contributed by atoms with E-state index in [0.717, 1.165) is 32.5 Å². The number of hydrogen-bond acceptors (Lipinski definition) is 2. The summed E-state index contributed by atoms with van der Waals surface area (Å²) in [6.45, 7) is 4.59. The van der Waals surface area contributed by atoms with Crippen LogP contribution >= 0.6 is 0 Å². The molecule has 78 valence electrons. The molecule has 2 unspecified atom stereocenters. The largest absolute Gasteiger partial charge is 0.393 e. The average Bonchev–Trinajstić information content (AvgIpc) is 2.16. The van der Waals surface area contributed by atoms with Crippen molar-refractivity contribution in [3.8, 4) is 0 Å². The molecule has 2 atom stereocenters. The molecule has 0 aromatic rings. The van der Waals surface area contributed by atoms with Gasteiger partial charge in [-0.3, -0.25) is 4.39 Å². The third-order valence-corrected chi connectivity index (χ3v) is 2.91. The summed E-state index contributed by atoms with van der Waals surface area (Å²) in [5.41, 5.74) is 0. The molecule has 1 fully saturated rings. The Bertz CT molecular complexity index is 141. The van der Waals surface area contributed by atoms with Gasteiger partial charge in [0, 0.05) is 19.6 Å². The maximum Gasteiger partial charge on any atom is 0.0906 e. The predicted octanol–water partition coefficient (Wildman–Crippen LogP) is 1.44. The van der Waals surface area contributed by atoms with Crippen LogP contribution in [0.15, 0.2) is 0 Å². The van der Waals surface area contributed by atoms with Gasteiger partial charge in [-0.05, 0) is 25.2 Å². The second-order valence-electron chi connectivity index (χ2n) is 3.87. The fourth-order valence-corrected chi connectivity index (χ4v) is 1.98. The van der Waals surface area contributed by atoms with Gasteiger partial charge in [0.25, 0.3) is 0 Å². The van der Waals surface area contributed by atoms with Crippen LogP contribution in [0, 0.1) is 5.92 Å². The molecule has 0 bridgehead atoms. The highest BCUT2D eigenvalue weighted by atomic mass is 19.1. The first-order valence-corrected chi connectivity index (χ1v) is 5.24. The van der Waals surface area contributed by atoms with E-state index < -0.39 is 0 Å². The Morgan fingerprint density at radius 2 is 2.31 bits per heavy atom. The maximum absolute atomic E-state index is 11.9. The first-order chi connectivity index (χ1) is 6.27. The monoisotopic (exact) mass is 189 g/mol. The van der Waals surface area contributed by atoms with Gasteiger partial charge in [-0.15, -0.1) is 0 Å². The van der Waals surface area contributed by atoms with E-state index in [-0.39, 0.29) is 12.8 Å². The van der Waals surface area contributed by atoms with Gasteiger partial charge in [0.2, 0.25) is 0 Å². The standard InChI is InChI=1S/C10H20FNO/c1-2-9-8-12(6-3-5-11)7-4-10(9)13/h9-10,13H,2-8H2,1H3. The minimum Gasteiger partial charge on any atom is -0.393 e. The van der Waals surface area contributed by atoms with Crippen LogP contribution in [0.2, 0.25) is 0 Å². The zero-order valence-electron chi connectivity index (χ0n) is 8.38. The lowest BCUT2D eigenvalue weighted by Crippen LogP contribution is -2.43. The second kappa shape index (κ2) is 5.55. The van der Waals surface area contributed by atoms with E-state index in [4.69, 9.17) is 0 Å². The third kappa shape index (κ3) is 3.24. The number of aliphatic hydroxyl groups excluding tert-OH is 1. The van der Waals surface area contributed by atoms with E-state index in [1.54, 1.807) is 0 Å². The van der Waals surface area contributed by atoms with Gasteiger partial charge < -0.3 is 10.0 Å². The van der Waals surface area contributed by atoms with Gasteiger partial charge in [0.05, 0.1) is 12.8 Å². The van der Waals surface area contributed by atoms with Crippen molar-refractivity contribution < 1.29 is 9.50 Å². The van der Waals surface area contributed by atoms with Crippen LogP contribution in [0.3, 0.4) is 0 Å². The molecular formula is C10H20FNO. The molecule has 1 rings (SSSR count). The molecule has 13 heavy (non-hydrogen) atoms. The lowest BCUT2D eigenvalue weighted by Gasteiger charge is -2.35. The van der Waals surface area contributed by atoms with Crippen molar-refractivity contribution in [1.82, 2.24) is 4.90 Å². The summed E-state index contributed by atoms with van der Waals surface area (Å²) < 4.78 is 11.9. The van der Waals surface area contributed by atoms with Gasteiger partial charge in [0.15, 0.2) is 0 Å². The summed E-state index contributed by atoms with van der Waals surface area (Å²) in [7, 11) is 0. The fraction of sp³-hybridized carbons (Fsp3) is 1.00. The van der Waals surface area contributed by atoms with E-state index in [0.29, 0.717) is 12.3 Å². The lowest BCUT2D eigenvalue weighted by atomic mass is 9.92. The van der Waals surface area contributed by atoms with Gasteiger partial charge in [0.1, 0.15) is 0 Å². The van der Waals surface area contributed by atoms with E-state index in [1.807, 2.05) is 0 Å². The molecule has 1 saturated heterocycles. The number of aliphatic hydroxyl groups is 1. The van der Waals surface area contributed by atoms with Crippen molar-refractivity contribution in [3.05, 3.63) is 0 Å². The van der Waals surface area contributed by atoms with Crippen LogP contribution in [0.1, 0.15) is 26.2 Å². The number of alkyl halides is 1. The lowest BCUT2D eigenvalue weighted by molar-refractivity contribution is 0.0243. The average molecular weight is 189 g/mol. The molecule has 0 aromatic carbocycles. The Morgan fingerprint density at radius 3 is 2.92 bits per heavy atom. The van der Waals surface area contributed by atoms with Crippen molar-refractivity contribution in [2.24, 2.45) is 5.92 Å².